The zero-order valence-corrected chi connectivity index (χ0v) is 9.50. The highest BCUT2D eigenvalue weighted by atomic mass is 32.2. The molecule has 0 aliphatic carbocycles. The monoisotopic (exact) mass is 224 g/mol. The zero-order chi connectivity index (χ0) is 10.5. The molecule has 1 aromatic heterocycles. The van der Waals surface area contributed by atoms with Gasteiger partial charge in [-0.15, -0.1) is 11.8 Å². The van der Waals surface area contributed by atoms with Crippen molar-refractivity contribution in [2.24, 2.45) is 0 Å². The quantitative estimate of drug-likeness (QED) is 0.800. The summed E-state index contributed by atoms with van der Waals surface area (Å²) in [7, 11) is 0. The SMILES string of the molecule is Nc1cccnc1SCC1CCCCO1. The van der Waals surface area contributed by atoms with Gasteiger partial charge in [0, 0.05) is 18.6 Å². The third-order valence-corrected chi connectivity index (χ3v) is 3.63. The van der Waals surface area contributed by atoms with Gasteiger partial charge in [0.1, 0.15) is 5.03 Å². The standard InChI is InChI=1S/C11H16N2OS/c12-10-5-3-6-13-11(10)15-8-9-4-1-2-7-14-9/h3,5-6,9H,1-2,4,7-8,12H2. The first-order chi connectivity index (χ1) is 7.36. The van der Waals surface area contributed by atoms with Crippen LogP contribution in [0.25, 0.3) is 0 Å². The molecule has 0 bridgehead atoms. The van der Waals surface area contributed by atoms with Crippen LogP contribution in [0, 0.1) is 0 Å². The number of anilines is 1. The molecular formula is C11H16N2OS. The average Bonchev–Trinajstić information content (AvgIpc) is 2.29. The summed E-state index contributed by atoms with van der Waals surface area (Å²) in [5, 5.41) is 0.923. The molecule has 1 unspecified atom stereocenters. The fourth-order valence-electron chi connectivity index (χ4n) is 1.63. The predicted octanol–water partition coefficient (Wildman–Crippen LogP) is 2.33. The second-order valence-electron chi connectivity index (χ2n) is 3.70. The number of nitrogens with two attached hydrogens (primary N) is 1. The third-order valence-electron chi connectivity index (χ3n) is 2.48. The van der Waals surface area contributed by atoms with Crippen LogP contribution in [-0.2, 0) is 4.74 Å². The summed E-state index contributed by atoms with van der Waals surface area (Å²) in [6, 6.07) is 3.74. The molecule has 2 rings (SSSR count). The van der Waals surface area contributed by atoms with Crippen LogP contribution in [-0.4, -0.2) is 23.4 Å². The summed E-state index contributed by atoms with van der Waals surface area (Å²) in [6.07, 6.45) is 5.81. The number of pyridine rings is 1. The molecule has 1 saturated heterocycles. The minimum atomic E-state index is 0.380. The summed E-state index contributed by atoms with van der Waals surface area (Å²) >= 11 is 1.69. The Labute approximate surface area is 94.4 Å². The molecule has 1 fully saturated rings. The van der Waals surface area contributed by atoms with E-state index in [-0.39, 0.29) is 0 Å². The van der Waals surface area contributed by atoms with Gasteiger partial charge in [-0.3, -0.25) is 0 Å². The van der Waals surface area contributed by atoms with Gasteiger partial charge >= 0.3 is 0 Å². The summed E-state index contributed by atoms with van der Waals surface area (Å²) in [4.78, 5) is 4.25. The van der Waals surface area contributed by atoms with Gasteiger partial charge in [-0.05, 0) is 31.4 Å². The first-order valence-electron chi connectivity index (χ1n) is 5.31. The molecule has 0 spiro atoms. The molecule has 0 saturated carbocycles. The van der Waals surface area contributed by atoms with E-state index in [4.69, 9.17) is 10.5 Å². The Morgan fingerprint density at radius 3 is 3.20 bits per heavy atom. The second kappa shape index (κ2) is 5.37. The molecule has 1 aliphatic rings. The minimum Gasteiger partial charge on any atom is -0.397 e. The van der Waals surface area contributed by atoms with E-state index in [1.165, 1.54) is 19.3 Å². The largest absolute Gasteiger partial charge is 0.397 e. The van der Waals surface area contributed by atoms with E-state index in [0.717, 1.165) is 23.1 Å². The molecule has 0 radical (unpaired) electrons. The number of aromatic nitrogens is 1. The van der Waals surface area contributed by atoms with Crippen molar-refractivity contribution in [3.05, 3.63) is 18.3 Å². The molecule has 1 atom stereocenters. The van der Waals surface area contributed by atoms with Gasteiger partial charge in [0.2, 0.25) is 0 Å². The van der Waals surface area contributed by atoms with Crippen molar-refractivity contribution >= 4 is 17.4 Å². The van der Waals surface area contributed by atoms with Crippen molar-refractivity contribution in [3.63, 3.8) is 0 Å². The average molecular weight is 224 g/mol. The fourth-order valence-corrected chi connectivity index (χ4v) is 2.61. The minimum absolute atomic E-state index is 0.380. The number of ether oxygens (including phenoxy) is 1. The molecule has 82 valence electrons. The number of hydrogen-bond donors (Lipinski definition) is 1. The van der Waals surface area contributed by atoms with Crippen LogP contribution in [0.2, 0.25) is 0 Å². The molecule has 0 aromatic carbocycles. The summed E-state index contributed by atoms with van der Waals surface area (Å²) < 4.78 is 5.65. The number of thioether (sulfide) groups is 1. The molecule has 4 heteroatoms. The predicted molar refractivity (Wildman–Crippen MR) is 63.0 cm³/mol. The maximum Gasteiger partial charge on any atom is 0.119 e. The molecule has 2 heterocycles. The summed E-state index contributed by atoms with van der Waals surface area (Å²) in [6.45, 7) is 0.906. The van der Waals surface area contributed by atoms with E-state index in [0.29, 0.717) is 6.10 Å². The molecule has 2 N–H and O–H groups in total. The number of nitrogens with zero attached hydrogens (tertiary/aromatic N) is 1. The Morgan fingerprint density at radius 2 is 2.47 bits per heavy atom. The summed E-state index contributed by atoms with van der Waals surface area (Å²) in [5.41, 5.74) is 6.57. The third kappa shape index (κ3) is 3.11. The lowest BCUT2D eigenvalue weighted by molar-refractivity contribution is 0.0315. The second-order valence-corrected chi connectivity index (χ2v) is 4.71. The van der Waals surface area contributed by atoms with Crippen LogP contribution < -0.4 is 5.73 Å². The Kier molecular flexibility index (Phi) is 3.86. The highest BCUT2D eigenvalue weighted by Gasteiger charge is 2.14. The molecule has 0 amide bonds. The molecule has 1 aliphatic heterocycles. The van der Waals surface area contributed by atoms with Crippen LogP contribution >= 0.6 is 11.8 Å². The lowest BCUT2D eigenvalue weighted by Gasteiger charge is -2.21. The molecule has 15 heavy (non-hydrogen) atoms. The van der Waals surface area contributed by atoms with E-state index in [1.807, 2.05) is 12.1 Å². The van der Waals surface area contributed by atoms with Gasteiger partial charge in [0.25, 0.3) is 0 Å². The first kappa shape index (κ1) is 10.8. The highest BCUT2D eigenvalue weighted by Crippen LogP contribution is 2.25. The van der Waals surface area contributed by atoms with Gasteiger partial charge in [0.05, 0.1) is 11.8 Å². The van der Waals surface area contributed by atoms with Gasteiger partial charge in [-0.2, -0.15) is 0 Å². The van der Waals surface area contributed by atoms with E-state index < -0.39 is 0 Å². The van der Waals surface area contributed by atoms with E-state index >= 15 is 0 Å². The number of hydrogen-bond acceptors (Lipinski definition) is 4. The lowest BCUT2D eigenvalue weighted by Crippen LogP contribution is -2.21. The maximum atomic E-state index is 5.81. The van der Waals surface area contributed by atoms with E-state index in [1.54, 1.807) is 18.0 Å². The van der Waals surface area contributed by atoms with Gasteiger partial charge in [0.15, 0.2) is 0 Å². The zero-order valence-electron chi connectivity index (χ0n) is 8.69. The van der Waals surface area contributed by atoms with E-state index in [2.05, 4.69) is 4.98 Å². The fraction of sp³-hybridized carbons (Fsp3) is 0.545. The van der Waals surface area contributed by atoms with Gasteiger partial charge in [-0.25, -0.2) is 4.98 Å². The van der Waals surface area contributed by atoms with Crippen LogP contribution in [0.4, 0.5) is 5.69 Å². The Hall–Kier alpha value is -0.740. The van der Waals surface area contributed by atoms with Crippen molar-refractivity contribution in [1.29, 1.82) is 0 Å². The van der Waals surface area contributed by atoms with E-state index in [9.17, 15) is 0 Å². The normalized spacial score (nSPS) is 21.5. The molecule has 1 aromatic rings. The van der Waals surface area contributed by atoms with Crippen molar-refractivity contribution in [1.82, 2.24) is 4.98 Å². The Balaban J connectivity index is 1.84. The number of rotatable bonds is 3. The van der Waals surface area contributed by atoms with Crippen molar-refractivity contribution < 1.29 is 4.74 Å². The van der Waals surface area contributed by atoms with Gasteiger partial charge in [-0.1, -0.05) is 0 Å². The lowest BCUT2D eigenvalue weighted by atomic mass is 10.1. The summed E-state index contributed by atoms with van der Waals surface area (Å²) in [5.74, 6) is 0.960. The van der Waals surface area contributed by atoms with Crippen LogP contribution in [0.5, 0.6) is 0 Å². The molecular weight excluding hydrogens is 208 g/mol. The van der Waals surface area contributed by atoms with Crippen LogP contribution in [0.15, 0.2) is 23.4 Å². The Morgan fingerprint density at radius 1 is 1.53 bits per heavy atom. The Bertz CT molecular complexity index is 313. The van der Waals surface area contributed by atoms with Crippen molar-refractivity contribution in [2.45, 2.75) is 30.4 Å². The smallest absolute Gasteiger partial charge is 0.119 e. The van der Waals surface area contributed by atoms with Crippen molar-refractivity contribution in [2.75, 3.05) is 18.1 Å². The van der Waals surface area contributed by atoms with Gasteiger partial charge < -0.3 is 10.5 Å². The van der Waals surface area contributed by atoms with Crippen LogP contribution in [0.1, 0.15) is 19.3 Å². The maximum absolute atomic E-state index is 5.81. The topological polar surface area (TPSA) is 48.1 Å². The highest BCUT2D eigenvalue weighted by molar-refractivity contribution is 7.99. The van der Waals surface area contributed by atoms with Crippen LogP contribution in [0.3, 0.4) is 0 Å². The molecule has 3 nitrogen and oxygen atoms in total. The first-order valence-corrected chi connectivity index (χ1v) is 6.30. The van der Waals surface area contributed by atoms with Crippen molar-refractivity contribution in [3.8, 4) is 0 Å². The number of nitrogen functional groups attached to an aromatic ring is 1.